The van der Waals surface area contributed by atoms with Crippen LogP contribution in [0, 0.1) is 0 Å². The highest BCUT2D eigenvalue weighted by Crippen LogP contribution is 2.25. The summed E-state index contributed by atoms with van der Waals surface area (Å²) in [5.74, 6) is -0.604. The third-order valence-electron chi connectivity index (χ3n) is 2.53. The van der Waals surface area contributed by atoms with Crippen molar-refractivity contribution in [1.29, 1.82) is 0 Å². The van der Waals surface area contributed by atoms with Crippen LogP contribution < -0.4 is 0 Å². The number of fused-ring (bicyclic) bond motifs is 1. The van der Waals surface area contributed by atoms with Gasteiger partial charge in [0.05, 0.1) is 12.4 Å². The van der Waals surface area contributed by atoms with Crippen molar-refractivity contribution in [3.63, 3.8) is 0 Å². The zero-order valence-corrected chi connectivity index (χ0v) is 9.20. The fourth-order valence-electron chi connectivity index (χ4n) is 1.70. The maximum Gasteiger partial charge on any atom is 0.356 e. The number of hydrogen-bond acceptors (Lipinski definition) is 4. The van der Waals surface area contributed by atoms with Crippen molar-refractivity contribution in [2.45, 2.75) is 0 Å². The van der Waals surface area contributed by atoms with Crippen LogP contribution in [0.25, 0.3) is 22.4 Å². The summed E-state index contributed by atoms with van der Waals surface area (Å²) in [4.78, 5) is 18.7. The summed E-state index contributed by atoms with van der Waals surface area (Å²) in [5.41, 5.74) is 1.04. The van der Waals surface area contributed by atoms with E-state index in [1.54, 1.807) is 0 Å². The van der Waals surface area contributed by atoms with Crippen molar-refractivity contribution in [3.8, 4) is 11.5 Å². The standard InChI is InChI=1S/C13H8N2O3/c16-13(17)10-7-14-6-9(15-10)12-5-8-3-1-2-4-11(8)18-12/h1-7H,(H,16,17). The van der Waals surface area contributed by atoms with E-state index < -0.39 is 5.97 Å². The van der Waals surface area contributed by atoms with Gasteiger partial charge in [0, 0.05) is 5.39 Å². The molecule has 0 fully saturated rings. The largest absolute Gasteiger partial charge is 0.476 e. The second-order valence-corrected chi connectivity index (χ2v) is 3.74. The minimum atomic E-state index is -1.11. The first-order valence-corrected chi connectivity index (χ1v) is 5.28. The van der Waals surface area contributed by atoms with Crippen LogP contribution in [0.5, 0.6) is 0 Å². The van der Waals surface area contributed by atoms with Gasteiger partial charge in [-0.05, 0) is 12.1 Å². The molecular weight excluding hydrogens is 232 g/mol. The Morgan fingerprint density at radius 2 is 2.06 bits per heavy atom. The topological polar surface area (TPSA) is 76.2 Å². The van der Waals surface area contributed by atoms with Gasteiger partial charge < -0.3 is 9.52 Å². The summed E-state index contributed by atoms with van der Waals surface area (Å²) in [6, 6.07) is 9.34. The van der Waals surface area contributed by atoms with Crippen LogP contribution in [0.4, 0.5) is 0 Å². The van der Waals surface area contributed by atoms with Crippen LogP contribution in [0.2, 0.25) is 0 Å². The maximum atomic E-state index is 10.8. The molecule has 3 rings (SSSR count). The van der Waals surface area contributed by atoms with Crippen LogP contribution in [-0.2, 0) is 0 Å². The lowest BCUT2D eigenvalue weighted by molar-refractivity contribution is 0.0690. The molecule has 5 heteroatoms. The van der Waals surface area contributed by atoms with E-state index in [0.29, 0.717) is 11.5 Å². The zero-order valence-electron chi connectivity index (χ0n) is 9.20. The number of carboxylic acids is 1. The van der Waals surface area contributed by atoms with Gasteiger partial charge in [-0.3, -0.25) is 4.98 Å². The average molecular weight is 240 g/mol. The first-order valence-electron chi connectivity index (χ1n) is 5.28. The number of nitrogens with zero attached hydrogens (tertiary/aromatic N) is 2. The highest BCUT2D eigenvalue weighted by Gasteiger charge is 2.11. The molecule has 0 unspecified atom stereocenters. The third kappa shape index (κ3) is 1.71. The fraction of sp³-hybridized carbons (Fsp3) is 0. The number of furan rings is 1. The SMILES string of the molecule is O=C(O)c1cncc(-c2cc3ccccc3o2)n1. The molecule has 0 saturated heterocycles. The maximum absolute atomic E-state index is 10.8. The Morgan fingerprint density at radius 3 is 2.83 bits per heavy atom. The molecule has 3 aromatic rings. The van der Waals surface area contributed by atoms with E-state index in [2.05, 4.69) is 9.97 Å². The summed E-state index contributed by atoms with van der Waals surface area (Å²) >= 11 is 0. The van der Waals surface area contributed by atoms with E-state index in [-0.39, 0.29) is 5.69 Å². The van der Waals surface area contributed by atoms with Crippen molar-refractivity contribution in [3.05, 3.63) is 48.4 Å². The molecular formula is C13H8N2O3. The molecule has 0 amide bonds. The Kier molecular flexibility index (Phi) is 2.30. The molecule has 2 heterocycles. The first-order chi connectivity index (χ1) is 8.74. The molecule has 1 aromatic carbocycles. The average Bonchev–Trinajstić information content (AvgIpc) is 2.82. The lowest BCUT2D eigenvalue weighted by atomic mass is 10.2. The molecule has 2 aromatic heterocycles. The Morgan fingerprint density at radius 1 is 1.22 bits per heavy atom. The van der Waals surface area contributed by atoms with Crippen LogP contribution in [0.1, 0.15) is 10.5 Å². The normalized spacial score (nSPS) is 10.7. The highest BCUT2D eigenvalue weighted by atomic mass is 16.4. The lowest BCUT2D eigenvalue weighted by Crippen LogP contribution is -2.01. The summed E-state index contributed by atoms with van der Waals surface area (Å²) in [7, 11) is 0. The van der Waals surface area contributed by atoms with E-state index in [1.807, 2.05) is 30.3 Å². The molecule has 88 valence electrons. The molecule has 0 aliphatic rings. The number of hydrogen-bond donors (Lipinski definition) is 1. The number of para-hydroxylation sites is 1. The van der Waals surface area contributed by atoms with Gasteiger partial charge >= 0.3 is 5.97 Å². The Labute approximate surface area is 102 Å². The van der Waals surface area contributed by atoms with Crippen molar-refractivity contribution in [2.24, 2.45) is 0 Å². The van der Waals surface area contributed by atoms with Gasteiger partial charge in [0.15, 0.2) is 11.5 Å². The summed E-state index contributed by atoms with van der Waals surface area (Å²) in [5, 5.41) is 9.80. The summed E-state index contributed by atoms with van der Waals surface area (Å²) in [6.07, 6.45) is 2.68. The molecule has 0 saturated carbocycles. The van der Waals surface area contributed by atoms with Crippen LogP contribution in [0.3, 0.4) is 0 Å². The van der Waals surface area contributed by atoms with E-state index in [0.717, 1.165) is 11.0 Å². The monoisotopic (exact) mass is 240 g/mol. The lowest BCUT2D eigenvalue weighted by Gasteiger charge is -1.96. The van der Waals surface area contributed by atoms with Gasteiger partial charge in [0.25, 0.3) is 0 Å². The number of benzene rings is 1. The minimum Gasteiger partial charge on any atom is -0.476 e. The molecule has 0 radical (unpaired) electrons. The van der Waals surface area contributed by atoms with Crippen LogP contribution >= 0.6 is 0 Å². The second kappa shape index (κ2) is 3.96. The molecule has 1 N–H and O–H groups in total. The molecule has 0 aliphatic carbocycles. The Bertz CT molecular complexity index is 701. The Hall–Kier alpha value is -2.69. The van der Waals surface area contributed by atoms with Gasteiger partial charge in [-0.15, -0.1) is 0 Å². The summed E-state index contributed by atoms with van der Waals surface area (Å²) < 4.78 is 5.59. The van der Waals surface area contributed by atoms with Crippen LogP contribution in [-0.4, -0.2) is 21.0 Å². The van der Waals surface area contributed by atoms with Gasteiger partial charge in [-0.25, -0.2) is 9.78 Å². The quantitative estimate of drug-likeness (QED) is 0.745. The van der Waals surface area contributed by atoms with Crippen LogP contribution in [0.15, 0.2) is 47.1 Å². The predicted molar refractivity (Wildman–Crippen MR) is 64.2 cm³/mol. The second-order valence-electron chi connectivity index (χ2n) is 3.74. The van der Waals surface area contributed by atoms with Gasteiger partial charge in [0.1, 0.15) is 11.3 Å². The summed E-state index contributed by atoms with van der Waals surface area (Å²) in [6.45, 7) is 0. The zero-order chi connectivity index (χ0) is 12.5. The van der Waals surface area contributed by atoms with Gasteiger partial charge in [-0.2, -0.15) is 0 Å². The molecule has 5 nitrogen and oxygen atoms in total. The van der Waals surface area contributed by atoms with Crippen molar-refractivity contribution < 1.29 is 14.3 Å². The third-order valence-corrected chi connectivity index (χ3v) is 2.53. The number of carbonyl (C=O) groups is 1. The number of carboxylic acid groups (broad SMARTS) is 1. The molecule has 0 spiro atoms. The molecule has 0 atom stereocenters. The smallest absolute Gasteiger partial charge is 0.356 e. The van der Waals surface area contributed by atoms with Crippen molar-refractivity contribution in [2.75, 3.05) is 0 Å². The fourth-order valence-corrected chi connectivity index (χ4v) is 1.70. The van der Waals surface area contributed by atoms with E-state index in [4.69, 9.17) is 9.52 Å². The Balaban J connectivity index is 2.13. The number of aromatic carboxylic acids is 1. The van der Waals surface area contributed by atoms with E-state index in [9.17, 15) is 4.79 Å². The van der Waals surface area contributed by atoms with E-state index >= 15 is 0 Å². The molecule has 18 heavy (non-hydrogen) atoms. The number of rotatable bonds is 2. The first kappa shape index (κ1) is 10.5. The van der Waals surface area contributed by atoms with Gasteiger partial charge in [-0.1, -0.05) is 18.2 Å². The van der Waals surface area contributed by atoms with Gasteiger partial charge in [0.2, 0.25) is 0 Å². The molecule has 0 aliphatic heterocycles. The number of aromatic nitrogens is 2. The van der Waals surface area contributed by atoms with Crippen molar-refractivity contribution >= 4 is 16.9 Å². The predicted octanol–water partition coefficient (Wildman–Crippen LogP) is 2.59. The van der Waals surface area contributed by atoms with E-state index in [1.165, 1.54) is 12.4 Å². The van der Waals surface area contributed by atoms with Crippen molar-refractivity contribution in [1.82, 2.24) is 9.97 Å². The minimum absolute atomic E-state index is 0.104. The highest BCUT2D eigenvalue weighted by molar-refractivity contribution is 5.86. The molecule has 0 bridgehead atoms.